The summed E-state index contributed by atoms with van der Waals surface area (Å²) in [6.45, 7) is 3.41. The van der Waals surface area contributed by atoms with Gasteiger partial charge < -0.3 is 0 Å². The number of rotatable bonds is 2. The summed E-state index contributed by atoms with van der Waals surface area (Å²) in [6, 6.07) is 3.49. The second-order valence-electron chi connectivity index (χ2n) is 3.74. The topological polar surface area (TPSA) is 54.9 Å². The number of thiophene rings is 1. The van der Waals surface area contributed by atoms with Crippen LogP contribution in [0.1, 0.15) is 23.4 Å². The first-order valence-corrected chi connectivity index (χ1v) is 6.32. The Kier molecular flexibility index (Phi) is 3.22. The fourth-order valence-corrected chi connectivity index (χ4v) is 2.56. The molecule has 0 fully saturated rings. The van der Waals surface area contributed by atoms with Crippen LogP contribution in [0.15, 0.2) is 27.1 Å². The maximum Gasteiger partial charge on any atom is 0.330 e. The van der Waals surface area contributed by atoms with Crippen molar-refractivity contribution in [2.75, 3.05) is 0 Å². The largest absolute Gasteiger partial charge is 0.330 e. The van der Waals surface area contributed by atoms with E-state index in [9.17, 15) is 9.59 Å². The highest BCUT2D eigenvalue weighted by atomic mass is 35.5. The first-order valence-electron chi connectivity index (χ1n) is 5.06. The fourth-order valence-electron chi connectivity index (χ4n) is 1.62. The Bertz CT molecular complexity index is 642. The number of nitrogens with zero attached hydrogens (tertiary/aromatic N) is 1. The standard InChI is InChI=1S/C11H11ClN2O2S/c1-6-9(12)13-11(16)14(10(6)15)7(2)8-4-3-5-17-8/h3-5,7H,1-2H3,(H,13,16). The van der Waals surface area contributed by atoms with Crippen LogP contribution in [0.3, 0.4) is 0 Å². The molecule has 2 aromatic heterocycles. The van der Waals surface area contributed by atoms with Gasteiger partial charge >= 0.3 is 5.69 Å². The van der Waals surface area contributed by atoms with Crippen molar-refractivity contribution in [1.29, 1.82) is 0 Å². The average molecular weight is 271 g/mol. The van der Waals surface area contributed by atoms with Crippen LogP contribution in [0.2, 0.25) is 5.15 Å². The number of nitrogens with one attached hydrogen (secondary N) is 1. The second-order valence-corrected chi connectivity index (χ2v) is 5.09. The molecule has 4 nitrogen and oxygen atoms in total. The van der Waals surface area contributed by atoms with Crippen molar-refractivity contribution in [3.63, 3.8) is 0 Å². The molecule has 0 aliphatic carbocycles. The van der Waals surface area contributed by atoms with Crippen molar-refractivity contribution < 1.29 is 0 Å². The van der Waals surface area contributed by atoms with Gasteiger partial charge in [0, 0.05) is 10.4 Å². The van der Waals surface area contributed by atoms with Gasteiger partial charge in [0.15, 0.2) is 0 Å². The van der Waals surface area contributed by atoms with Gasteiger partial charge in [0.2, 0.25) is 0 Å². The number of aromatic amines is 1. The van der Waals surface area contributed by atoms with E-state index < -0.39 is 5.69 Å². The highest BCUT2D eigenvalue weighted by Gasteiger charge is 2.16. The number of hydrogen-bond acceptors (Lipinski definition) is 3. The zero-order chi connectivity index (χ0) is 12.6. The van der Waals surface area contributed by atoms with Crippen LogP contribution in [0.4, 0.5) is 0 Å². The van der Waals surface area contributed by atoms with Crippen LogP contribution in [-0.2, 0) is 0 Å². The maximum atomic E-state index is 12.0. The van der Waals surface area contributed by atoms with Crippen LogP contribution in [-0.4, -0.2) is 9.55 Å². The van der Waals surface area contributed by atoms with Gasteiger partial charge in [0.1, 0.15) is 5.15 Å². The molecule has 0 aliphatic heterocycles. The first-order chi connectivity index (χ1) is 8.02. The molecule has 0 aromatic carbocycles. The van der Waals surface area contributed by atoms with Crippen LogP contribution >= 0.6 is 22.9 Å². The Morgan fingerprint density at radius 3 is 2.76 bits per heavy atom. The Morgan fingerprint density at radius 2 is 2.18 bits per heavy atom. The minimum Gasteiger partial charge on any atom is -0.297 e. The van der Waals surface area contributed by atoms with E-state index in [2.05, 4.69) is 4.98 Å². The molecule has 0 saturated carbocycles. The Morgan fingerprint density at radius 1 is 1.47 bits per heavy atom. The lowest BCUT2D eigenvalue weighted by Gasteiger charge is -2.13. The summed E-state index contributed by atoms with van der Waals surface area (Å²) < 4.78 is 1.19. The van der Waals surface area contributed by atoms with Crippen molar-refractivity contribution >= 4 is 22.9 Å². The third-order valence-corrected chi connectivity index (χ3v) is 4.07. The maximum absolute atomic E-state index is 12.0. The molecular formula is C11H11ClN2O2S. The monoisotopic (exact) mass is 270 g/mol. The lowest BCUT2D eigenvalue weighted by atomic mass is 10.2. The number of halogens is 1. The predicted molar refractivity (Wildman–Crippen MR) is 69.2 cm³/mol. The quantitative estimate of drug-likeness (QED) is 0.851. The molecule has 2 aromatic rings. The normalized spacial score (nSPS) is 12.6. The summed E-state index contributed by atoms with van der Waals surface area (Å²) >= 11 is 7.26. The van der Waals surface area contributed by atoms with E-state index in [0.717, 1.165) is 4.88 Å². The van der Waals surface area contributed by atoms with Gasteiger partial charge in [-0.15, -0.1) is 11.3 Å². The van der Waals surface area contributed by atoms with Crippen molar-refractivity contribution in [3.05, 3.63) is 53.9 Å². The summed E-state index contributed by atoms with van der Waals surface area (Å²) in [6.07, 6.45) is 0. The zero-order valence-corrected chi connectivity index (χ0v) is 10.9. The molecule has 2 rings (SSSR count). The van der Waals surface area contributed by atoms with E-state index in [1.165, 1.54) is 15.9 Å². The first kappa shape index (κ1) is 12.1. The van der Waals surface area contributed by atoms with Crippen molar-refractivity contribution in [1.82, 2.24) is 9.55 Å². The van der Waals surface area contributed by atoms with Crippen LogP contribution < -0.4 is 11.2 Å². The van der Waals surface area contributed by atoms with E-state index in [0.29, 0.717) is 5.56 Å². The average Bonchev–Trinajstić information content (AvgIpc) is 2.79. The smallest absolute Gasteiger partial charge is 0.297 e. The Hall–Kier alpha value is -1.33. The van der Waals surface area contributed by atoms with Crippen molar-refractivity contribution in [3.8, 4) is 0 Å². The molecule has 90 valence electrons. The molecule has 6 heteroatoms. The van der Waals surface area contributed by atoms with Gasteiger partial charge in [-0.3, -0.25) is 14.3 Å². The summed E-state index contributed by atoms with van der Waals surface area (Å²) in [5.74, 6) is 0. The molecule has 2 heterocycles. The lowest BCUT2D eigenvalue weighted by Crippen LogP contribution is -2.38. The summed E-state index contributed by atoms with van der Waals surface area (Å²) in [5, 5.41) is 2.02. The molecule has 0 spiro atoms. The van der Waals surface area contributed by atoms with E-state index in [4.69, 9.17) is 11.6 Å². The van der Waals surface area contributed by atoms with Gasteiger partial charge in [0.05, 0.1) is 6.04 Å². The van der Waals surface area contributed by atoms with Crippen LogP contribution in [0, 0.1) is 6.92 Å². The highest BCUT2D eigenvalue weighted by Crippen LogP contribution is 2.20. The molecule has 0 bridgehead atoms. The third kappa shape index (κ3) is 2.08. The summed E-state index contributed by atoms with van der Waals surface area (Å²) in [7, 11) is 0. The van der Waals surface area contributed by atoms with Gasteiger partial charge in [-0.05, 0) is 25.3 Å². The van der Waals surface area contributed by atoms with Crippen molar-refractivity contribution in [2.24, 2.45) is 0 Å². The third-order valence-electron chi connectivity index (χ3n) is 2.65. The van der Waals surface area contributed by atoms with Crippen LogP contribution in [0.5, 0.6) is 0 Å². The molecule has 1 unspecified atom stereocenters. The lowest BCUT2D eigenvalue weighted by molar-refractivity contribution is 0.582. The molecule has 0 aliphatic rings. The minimum atomic E-state index is -0.480. The fraction of sp³-hybridized carbons (Fsp3) is 0.273. The summed E-state index contributed by atoms with van der Waals surface area (Å²) in [4.78, 5) is 27.2. The van der Waals surface area contributed by atoms with Gasteiger partial charge in [-0.1, -0.05) is 17.7 Å². The highest BCUT2D eigenvalue weighted by molar-refractivity contribution is 7.10. The minimum absolute atomic E-state index is 0.106. The zero-order valence-electron chi connectivity index (χ0n) is 9.36. The predicted octanol–water partition coefficient (Wildman–Crippen LogP) is 2.17. The van der Waals surface area contributed by atoms with Crippen LogP contribution in [0.25, 0.3) is 0 Å². The molecular weight excluding hydrogens is 260 g/mol. The SMILES string of the molecule is Cc1c(Cl)[nH]c(=O)n(C(C)c2cccs2)c1=O. The number of H-pyrrole nitrogens is 1. The molecule has 1 atom stereocenters. The van der Waals surface area contributed by atoms with Crippen molar-refractivity contribution in [2.45, 2.75) is 19.9 Å². The second kappa shape index (κ2) is 4.50. The van der Waals surface area contributed by atoms with Gasteiger partial charge in [0.25, 0.3) is 5.56 Å². The van der Waals surface area contributed by atoms with Gasteiger partial charge in [-0.25, -0.2) is 4.79 Å². The Balaban J connectivity index is 2.65. The molecule has 0 radical (unpaired) electrons. The van der Waals surface area contributed by atoms with E-state index >= 15 is 0 Å². The van der Waals surface area contributed by atoms with E-state index in [1.54, 1.807) is 6.92 Å². The molecule has 17 heavy (non-hydrogen) atoms. The van der Waals surface area contributed by atoms with E-state index in [-0.39, 0.29) is 16.8 Å². The molecule has 0 saturated heterocycles. The molecule has 0 amide bonds. The van der Waals surface area contributed by atoms with Gasteiger partial charge in [-0.2, -0.15) is 0 Å². The number of hydrogen-bond donors (Lipinski definition) is 1. The number of aromatic nitrogens is 2. The molecule has 1 N–H and O–H groups in total. The van der Waals surface area contributed by atoms with E-state index in [1.807, 2.05) is 24.4 Å². The Labute approximate surface area is 106 Å². The summed E-state index contributed by atoms with van der Waals surface area (Å²) in [5.41, 5.74) is -0.471.